The van der Waals surface area contributed by atoms with E-state index in [2.05, 4.69) is 4.90 Å². The molecule has 2 heterocycles. The number of fused-ring (bicyclic) bond motifs is 1. The Morgan fingerprint density at radius 1 is 1.40 bits per heavy atom. The van der Waals surface area contributed by atoms with Gasteiger partial charge in [0.1, 0.15) is 6.67 Å². The third-order valence-electron chi connectivity index (χ3n) is 1.59. The lowest BCUT2D eigenvalue weighted by atomic mass is 10.3. The SMILES string of the molecule is NN1C=C2C=CC=CN2C1. The molecule has 3 nitrogen and oxygen atoms in total. The van der Waals surface area contributed by atoms with Crippen molar-refractivity contribution in [1.29, 1.82) is 0 Å². The van der Waals surface area contributed by atoms with Gasteiger partial charge in [-0.1, -0.05) is 6.08 Å². The predicted octanol–water partition coefficient (Wildman–Crippen LogP) is 0.360. The van der Waals surface area contributed by atoms with E-state index in [-0.39, 0.29) is 0 Å². The maximum absolute atomic E-state index is 5.54. The summed E-state index contributed by atoms with van der Waals surface area (Å²) >= 11 is 0. The monoisotopic (exact) mass is 135 g/mol. The molecule has 3 heteroatoms. The summed E-state index contributed by atoms with van der Waals surface area (Å²) in [6, 6.07) is 0. The first-order chi connectivity index (χ1) is 4.86. The molecule has 0 aliphatic carbocycles. The Bertz CT molecular complexity index is 227. The minimum absolute atomic E-state index is 0.760. The van der Waals surface area contributed by atoms with Gasteiger partial charge in [0.25, 0.3) is 0 Å². The summed E-state index contributed by atoms with van der Waals surface area (Å²) in [6.07, 6.45) is 9.96. The van der Waals surface area contributed by atoms with Crippen molar-refractivity contribution in [3.8, 4) is 0 Å². The Balaban J connectivity index is 2.29. The summed E-state index contributed by atoms with van der Waals surface area (Å²) in [5.41, 5.74) is 1.16. The van der Waals surface area contributed by atoms with Crippen LogP contribution in [0.15, 0.2) is 36.3 Å². The first-order valence-corrected chi connectivity index (χ1v) is 3.21. The summed E-state index contributed by atoms with van der Waals surface area (Å²) in [6.45, 7) is 0.760. The maximum Gasteiger partial charge on any atom is 0.109 e. The molecule has 2 rings (SSSR count). The molecule has 52 valence electrons. The molecule has 0 aromatic rings. The van der Waals surface area contributed by atoms with Crippen LogP contribution in [-0.4, -0.2) is 16.6 Å². The smallest absolute Gasteiger partial charge is 0.109 e. The van der Waals surface area contributed by atoms with Crippen LogP contribution in [0, 0.1) is 0 Å². The van der Waals surface area contributed by atoms with Gasteiger partial charge < -0.3 is 4.90 Å². The molecule has 0 bridgehead atoms. The molecular weight excluding hydrogens is 126 g/mol. The second-order valence-electron chi connectivity index (χ2n) is 2.38. The Hall–Kier alpha value is -1.22. The predicted molar refractivity (Wildman–Crippen MR) is 39.1 cm³/mol. The Morgan fingerprint density at radius 3 is 3.10 bits per heavy atom. The highest BCUT2D eigenvalue weighted by Gasteiger charge is 2.14. The number of hydrazine groups is 1. The summed E-state index contributed by atoms with van der Waals surface area (Å²) in [4.78, 5) is 2.08. The summed E-state index contributed by atoms with van der Waals surface area (Å²) in [7, 11) is 0. The second-order valence-corrected chi connectivity index (χ2v) is 2.38. The lowest BCUT2D eigenvalue weighted by Crippen LogP contribution is -2.28. The zero-order valence-electron chi connectivity index (χ0n) is 5.57. The fraction of sp³-hybridized carbons (Fsp3) is 0.143. The van der Waals surface area contributed by atoms with E-state index < -0.39 is 0 Å². The highest BCUT2D eigenvalue weighted by atomic mass is 15.5. The second kappa shape index (κ2) is 1.88. The van der Waals surface area contributed by atoms with Gasteiger partial charge in [0, 0.05) is 12.4 Å². The fourth-order valence-electron chi connectivity index (χ4n) is 1.12. The average molecular weight is 135 g/mol. The largest absolute Gasteiger partial charge is 0.327 e. The van der Waals surface area contributed by atoms with Gasteiger partial charge in [-0.3, -0.25) is 5.01 Å². The van der Waals surface area contributed by atoms with Crippen molar-refractivity contribution in [2.45, 2.75) is 0 Å². The van der Waals surface area contributed by atoms with Crippen molar-refractivity contribution < 1.29 is 0 Å². The molecule has 0 saturated carbocycles. The molecule has 0 atom stereocenters. The standard InChI is InChI=1S/C7H9N3/c8-10-5-7-3-1-2-4-9(7)6-10/h1-5H,6,8H2. The first kappa shape index (κ1) is 5.56. The van der Waals surface area contributed by atoms with Crippen molar-refractivity contribution in [3.05, 3.63) is 36.3 Å². The van der Waals surface area contributed by atoms with Gasteiger partial charge in [-0.25, -0.2) is 5.84 Å². The van der Waals surface area contributed by atoms with Crippen LogP contribution >= 0.6 is 0 Å². The topological polar surface area (TPSA) is 32.5 Å². The zero-order chi connectivity index (χ0) is 6.97. The van der Waals surface area contributed by atoms with Gasteiger partial charge in [-0.15, -0.1) is 0 Å². The number of nitrogens with two attached hydrogens (primary N) is 1. The third kappa shape index (κ3) is 0.717. The van der Waals surface area contributed by atoms with Crippen molar-refractivity contribution in [3.63, 3.8) is 0 Å². The summed E-state index contributed by atoms with van der Waals surface area (Å²) in [5, 5.41) is 1.66. The maximum atomic E-state index is 5.54. The van der Waals surface area contributed by atoms with Crippen LogP contribution in [0.1, 0.15) is 0 Å². The first-order valence-electron chi connectivity index (χ1n) is 3.21. The average Bonchev–Trinajstić information content (AvgIpc) is 2.27. The molecule has 0 radical (unpaired) electrons. The molecule has 0 aromatic carbocycles. The number of nitrogens with zero attached hydrogens (tertiary/aromatic N) is 2. The van der Waals surface area contributed by atoms with E-state index in [1.807, 2.05) is 30.6 Å². The molecule has 0 fully saturated rings. The van der Waals surface area contributed by atoms with E-state index in [1.54, 1.807) is 5.01 Å². The van der Waals surface area contributed by atoms with Gasteiger partial charge in [-0.2, -0.15) is 0 Å². The van der Waals surface area contributed by atoms with Crippen LogP contribution < -0.4 is 5.84 Å². The number of allylic oxidation sites excluding steroid dienone is 3. The minimum Gasteiger partial charge on any atom is -0.327 e. The molecule has 2 N–H and O–H groups in total. The Kier molecular flexibility index (Phi) is 1.05. The third-order valence-corrected chi connectivity index (χ3v) is 1.59. The molecule has 0 saturated heterocycles. The van der Waals surface area contributed by atoms with E-state index in [0.717, 1.165) is 12.4 Å². The van der Waals surface area contributed by atoms with Gasteiger partial charge >= 0.3 is 0 Å². The van der Waals surface area contributed by atoms with Crippen LogP contribution in [0.25, 0.3) is 0 Å². The quantitative estimate of drug-likeness (QED) is 0.487. The van der Waals surface area contributed by atoms with E-state index >= 15 is 0 Å². The zero-order valence-corrected chi connectivity index (χ0v) is 5.57. The van der Waals surface area contributed by atoms with Gasteiger partial charge in [0.05, 0.1) is 5.70 Å². The lowest BCUT2D eigenvalue weighted by molar-refractivity contribution is 0.318. The summed E-state index contributed by atoms with van der Waals surface area (Å²) < 4.78 is 0. The molecule has 2 aliphatic rings. The molecule has 0 amide bonds. The minimum atomic E-state index is 0.760. The number of hydrogen-bond donors (Lipinski definition) is 1. The van der Waals surface area contributed by atoms with Gasteiger partial charge in [0.15, 0.2) is 0 Å². The number of hydrogen-bond acceptors (Lipinski definition) is 3. The van der Waals surface area contributed by atoms with Crippen LogP contribution in [-0.2, 0) is 0 Å². The summed E-state index contributed by atoms with van der Waals surface area (Å²) in [5.74, 6) is 5.54. The number of rotatable bonds is 0. The van der Waals surface area contributed by atoms with E-state index in [0.29, 0.717) is 0 Å². The lowest BCUT2D eigenvalue weighted by Gasteiger charge is -2.17. The van der Waals surface area contributed by atoms with Crippen molar-refractivity contribution in [2.24, 2.45) is 5.84 Å². The van der Waals surface area contributed by atoms with Crippen LogP contribution in [0.4, 0.5) is 0 Å². The van der Waals surface area contributed by atoms with E-state index in [9.17, 15) is 0 Å². The molecule has 10 heavy (non-hydrogen) atoms. The van der Waals surface area contributed by atoms with E-state index in [1.165, 1.54) is 0 Å². The van der Waals surface area contributed by atoms with E-state index in [4.69, 9.17) is 5.84 Å². The van der Waals surface area contributed by atoms with Crippen molar-refractivity contribution in [1.82, 2.24) is 9.91 Å². The van der Waals surface area contributed by atoms with Crippen LogP contribution in [0.2, 0.25) is 0 Å². The fourth-order valence-corrected chi connectivity index (χ4v) is 1.12. The molecule has 0 spiro atoms. The molecule has 0 aromatic heterocycles. The van der Waals surface area contributed by atoms with Crippen molar-refractivity contribution in [2.75, 3.05) is 6.67 Å². The highest BCUT2D eigenvalue weighted by Crippen LogP contribution is 2.17. The van der Waals surface area contributed by atoms with Crippen LogP contribution in [0.5, 0.6) is 0 Å². The molecular formula is C7H9N3. The van der Waals surface area contributed by atoms with Gasteiger partial charge in [-0.05, 0) is 12.2 Å². The molecule has 2 aliphatic heterocycles. The van der Waals surface area contributed by atoms with Crippen LogP contribution in [0.3, 0.4) is 0 Å². The normalized spacial score (nSPS) is 21.5. The molecule has 0 unspecified atom stereocenters. The Labute approximate surface area is 59.7 Å². The van der Waals surface area contributed by atoms with Crippen molar-refractivity contribution >= 4 is 0 Å². The highest BCUT2D eigenvalue weighted by molar-refractivity contribution is 5.29. The Morgan fingerprint density at radius 2 is 2.30 bits per heavy atom. The van der Waals surface area contributed by atoms with Gasteiger partial charge in [0.2, 0.25) is 0 Å².